The number of rotatable bonds is 7. The third-order valence-electron chi connectivity index (χ3n) is 12.3. The van der Waals surface area contributed by atoms with Crippen molar-refractivity contribution in [1.82, 2.24) is 19.5 Å². The molecule has 1 heterocycles. The van der Waals surface area contributed by atoms with E-state index in [4.69, 9.17) is 4.74 Å². The first-order valence-electron chi connectivity index (χ1n) is 16.0. The molecule has 1 aromatic carbocycles. The van der Waals surface area contributed by atoms with Crippen molar-refractivity contribution >= 4 is 16.1 Å². The summed E-state index contributed by atoms with van der Waals surface area (Å²) in [7, 11) is -4.09. The Morgan fingerprint density at radius 2 is 1.77 bits per heavy atom. The summed E-state index contributed by atoms with van der Waals surface area (Å²) in [5, 5.41) is 26.4. The molecular weight excluding hydrogens is 568 g/mol. The van der Waals surface area contributed by atoms with Crippen LogP contribution in [-0.2, 0) is 14.8 Å². The number of ether oxygens (including phenoxy) is 1. The zero-order valence-electron chi connectivity index (χ0n) is 25.4. The van der Waals surface area contributed by atoms with Crippen LogP contribution in [0.15, 0.2) is 41.8 Å². The molecule has 0 bridgehead atoms. The summed E-state index contributed by atoms with van der Waals surface area (Å²) < 4.78 is 34.5. The number of nitrogens with zero attached hydrogens (tertiary/aromatic N) is 3. The number of amides is 1. The zero-order valence-corrected chi connectivity index (χ0v) is 26.2. The Balaban J connectivity index is 1.07. The summed E-state index contributed by atoms with van der Waals surface area (Å²) >= 11 is 0. The Kier molecular flexibility index (Phi) is 8.13. The molecule has 4 fully saturated rings. The minimum Gasteiger partial charge on any atom is -0.449 e. The molecule has 0 radical (unpaired) electrons. The zero-order chi connectivity index (χ0) is 30.6. The van der Waals surface area contributed by atoms with E-state index in [1.807, 2.05) is 4.72 Å². The van der Waals surface area contributed by atoms with Crippen molar-refractivity contribution in [2.24, 2.45) is 46.3 Å². The fourth-order valence-electron chi connectivity index (χ4n) is 10.2. The highest BCUT2D eigenvalue weighted by Gasteiger charge is 2.64. The maximum atomic E-state index is 12.8. The van der Waals surface area contributed by atoms with Gasteiger partial charge in [0.05, 0.1) is 29.4 Å². The predicted octanol–water partition coefficient (Wildman–Crippen LogP) is 4.70. The van der Waals surface area contributed by atoms with Crippen molar-refractivity contribution in [3.63, 3.8) is 0 Å². The molecule has 11 heteroatoms. The lowest BCUT2D eigenvalue weighted by Gasteiger charge is -2.64. The molecule has 0 unspecified atom stereocenters. The van der Waals surface area contributed by atoms with Crippen LogP contribution in [0.5, 0.6) is 0 Å². The number of aromatic nitrogens is 3. The van der Waals surface area contributed by atoms with E-state index in [2.05, 4.69) is 30.9 Å². The van der Waals surface area contributed by atoms with Crippen LogP contribution in [0.4, 0.5) is 4.79 Å². The van der Waals surface area contributed by atoms with Crippen LogP contribution >= 0.6 is 0 Å². The smallest absolute Gasteiger partial charge is 0.421 e. The van der Waals surface area contributed by atoms with E-state index in [1.54, 1.807) is 12.1 Å². The van der Waals surface area contributed by atoms with Crippen LogP contribution in [0.1, 0.15) is 78.6 Å². The second-order valence-corrected chi connectivity index (χ2v) is 15.8. The molecular formula is C32H46N4O6S. The van der Waals surface area contributed by atoms with Gasteiger partial charge in [-0.15, -0.1) is 0 Å². The van der Waals surface area contributed by atoms with Gasteiger partial charge in [0.1, 0.15) is 12.7 Å². The summed E-state index contributed by atoms with van der Waals surface area (Å²) in [5.41, 5.74) is 0.858. The normalized spacial score (nSPS) is 38.9. The molecule has 43 heavy (non-hydrogen) atoms. The number of sulfonamides is 1. The van der Waals surface area contributed by atoms with Gasteiger partial charge in [-0.3, -0.25) is 0 Å². The topological polar surface area (TPSA) is 144 Å². The van der Waals surface area contributed by atoms with E-state index in [-0.39, 0.29) is 46.4 Å². The van der Waals surface area contributed by atoms with E-state index in [1.165, 1.54) is 29.5 Å². The molecule has 0 aliphatic heterocycles. The number of hydrogen-bond acceptors (Lipinski definition) is 8. The van der Waals surface area contributed by atoms with Crippen LogP contribution in [0.2, 0.25) is 0 Å². The summed E-state index contributed by atoms with van der Waals surface area (Å²) in [6.45, 7) is 7.14. The van der Waals surface area contributed by atoms with Gasteiger partial charge in [-0.1, -0.05) is 27.2 Å². The minimum atomic E-state index is -4.09. The fourth-order valence-corrected chi connectivity index (χ4v) is 11.0. The van der Waals surface area contributed by atoms with Crippen molar-refractivity contribution in [1.29, 1.82) is 0 Å². The molecule has 10 nitrogen and oxygen atoms in total. The number of nitrogens with one attached hydrogen (secondary N) is 1. The maximum Gasteiger partial charge on any atom is 0.421 e. The Bertz CT molecular complexity index is 1400. The van der Waals surface area contributed by atoms with Crippen LogP contribution in [0.3, 0.4) is 0 Å². The van der Waals surface area contributed by atoms with E-state index in [0.29, 0.717) is 35.8 Å². The van der Waals surface area contributed by atoms with Gasteiger partial charge < -0.3 is 14.9 Å². The first-order valence-corrected chi connectivity index (χ1v) is 17.5. The standard InChI is InChI=1S/C32H46N4O6S/c1-4-24-27-17-22(37)11-14-32(27,3)26-12-15-31(2)20(5-10-25(31)28(26)29(24)38)13-16-42-30(39)35-43(40,41)23-8-6-21(7-9-23)36-19-33-18-34-36/h6-9,18-20,22,24-29,37-38H,4-5,10-17H2,1-3H3,(H,35,39)/t20-,22-,24-,25+,26+,27+,28+,29-,31-,32-/m1/s1. The van der Waals surface area contributed by atoms with Crippen molar-refractivity contribution in [2.75, 3.05) is 6.61 Å². The minimum absolute atomic E-state index is 0.0453. The van der Waals surface area contributed by atoms with Gasteiger partial charge in [-0.05, 0) is 122 Å². The molecule has 4 aliphatic rings. The average molecular weight is 615 g/mol. The molecule has 3 N–H and O–H groups in total. The average Bonchev–Trinajstić information content (AvgIpc) is 3.63. The molecule has 6 rings (SSSR count). The highest BCUT2D eigenvalue weighted by Crippen LogP contribution is 2.69. The summed E-state index contributed by atoms with van der Waals surface area (Å²) in [4.78, 5) is 16.4. The maximum absolute atomic E-state index is 12.8. The van der Waals surface area contributed by atoms with Crippen molar-refractivity contribution in [3.8, 4) is 5.69 Å². The van der Waals surface area contributed by atoms with Gasteiger partial charge in [0.15, 0.2) is 0 Å². The van der Waals surface area contributed by atoms with Crippen molar-refractivity contribution in [2.45, 2.75) is 95.7 Å². The monoisotopic (exact) mass is 614 g/mol. The Morgan fingerprint density at radius 1 is 1.05 bits per heavy atom. The number of hydrogen-bond donors (Lipinski definition) is 3. The number of carbonyl (C=O) groups excluding carboxylic acids is 1. The summed E-state index contributed by atoms with van der Waals surface area (Å²) in [6.07, 6.45) is 9.88. The lowest BCUT2D eigenvalue weighted by Crippen LogP contribution is -2.62. The van der Waals surface area contributed by atoms with E-state index in [9.17, 15) is 23.4 Å². The number of fused-ring (bicyclic) bond motifs is 5. The highest BCUT2D eigenvalue weighted by atomic mass is 32.2. The van der Waals surface area contributed by atoms with Crippen LogP contribution in [-0.4, -0.2) is 58.3 Å². The molecule has 2 aromatic rings. The van der Waals surface area contributed by atoms with Gasteiger partial charge in [-0.2, -0.15) is 5.10 Å². The third-order valence-corrected chi connectivity index (χ3v) is 13.7. The first kappa shape index (κ1) is 30.5. The second-order valence-electron chi connectivity index (χ2n) is 14.1. The molecule has 4 aliphatic carbocycles. The predicted molar refractivity (Wildman–Crippen MR) is 159 cm³/mol. The van der Waals surface area contributed by atoms with Gasteiger partial charge in [0.2, 0.25) is 0 Å². The number of aliphatic hydroxyl groups excluding tert-OH is 2. The number of aliphatic hydroxyl groups is 2. The lowest BCUT2D eigenvalue weighted by atomic mass is 9.41. The quantitative estimate of drug-likeness (QED) is 0.407. The molecule has 236 valence electrons. The molecule has 4 saturated carbocycles. The number of carbonyl (C=O) groups is 1. The largest absolute Gasteiger partial charge is 0.449 e. The summed E-state index contributed by atoms with van der Waals surface area (Å²) in [6, 6.07) is 5.99. The van der Waals surface area contributed by atoms with Gasteiger partial charge in [-0.25, -0.2) is 27.6 Å². The third kappa shape index (κ3) is 5.29. The first-order chi connectivity index (χ1) is 20.5. The molecule has 10 atom stereocenters. The van der Waals surface area contributed by atoms with E-state index < -0.39 is 16.1 Å². The van der Waals surface area contributed by atoms with E-state index in [0.717, 1.165) is 51.4 Å². The van der Waals surface area contributed by atoms with Crippen molar-refractivity contribution in [3.05, 3.63) is 36.9 Å². The number of benzene rings is 1. The molecule has 0 saturated heterocycles. The molecule has 1 amide bonds. The molecule has 1 aromatic heterocycles. The Labute approximate surface area is 254 Å². The summed E-state index contributed by atoms with van der Waals surface area (Å²) in [5.74, 6) is 2.08. The second kappa shape index (κ2) is 11.5. The van der Waals surface area contributed by atoms with Gasteiger partial charge >= 0.3 is 6.09 Å². The highest BCUT2D eigenvalue weighted by molar-refractivity contribution is 7.90. The van der Waals surface area contributed by atoms with Gasteiger partial charge in [0.25, 0.3) is 10.0 Å². The van der Waals surface area contributed by atoms with Crippen LogP contribution in [0.25, 0.3) is 5.69 Å². The van der Waals surface area contributed by atoms with Crippen LogP contribution < -0.4 is 4.72 Å². The van der Waals surface area contributed by atoms with E-state index >= 15 is 0 Å². The SMILES string of the molecule is CC[C@H]1[C@@H](O)[C@@H]2[C@H](CC[C@]3(C)[C@@H](CCOC(=O)NS(=O)(=O)c4ccc(-n5cncn5)cc4)CC[C@@H]23)[C@@]2(C)CC[C@@H](O)C[C@@H]12. The fraction of sp³-hybridized carbons (Fsp3) is 0.719. The lowest BCUT2D eigenvalue weighted by molar-refractivity contribution is -0.202. The Morgan fingerprint density at radius 3 is 2.47 bits per heavy atom. The Hall–Kier alpha value is -2.50. The van der Waals surface area contributed by atoms with Crippen LogP contribution in [0, 0.1) is 46.3 Å². The molecule has 0 spiro atoms. The van der Waals surface area contributed by atoms with Crippen molar-refractivity contribution < 1.29 is 28.2 Å². The van der Waals surface area contributed by atoms with Gasteiger partial charge in [0, 0.05) is 0 Å².